The van der Waals surface area contributed by atoms with Gasteiger partial charge >= 0.3 is 0 Å². The molecule has 0 aliphatic heterocycles. The van der Waals surface area contributed by atoms with Crippen LogP contribution in [0.4, 0.5) is 0 Å². The van der Waals surface area contributed by atoms with Gasteiger partial charge in [-0.05, 0) is 59.8 Å². The highest BCUT2D eigenvalue weighted by atomic mass is 16.1. The van der Waals surface area contributed by atoms with Crippen LogP contribution in [0.25, 0.3) is 0 Å². The molecule has 1 aliphatic rings. The van der Waals surface area contributed by atoms with Crippen molar-refractivity contribution in [2.75, 3.05) is 0 Å². The SMILES string of the molecule is C/C(=C\C(N)NC(=O)Cc1ccc(CC(=O)CCC2=CC=C=C=C2)cc1)C(C)(C)C. The molecule has 0 aromatic heterocycles. The summed E-state index contributed by atoms with van der Waals surface area (Å²) in [5.74, 6) is 0.0708. The number of amides is 1. The molecule has 0 bridgehead atoms. The average Bonchev–Trinajstić information content (AvgIpc) is 2.68. The lowest BCUT2D eigenvalue weighted by atomic mass is 9.87. The van der Waals surface area contributed by atoms with Crippen molar-refractivity contribution in [1.82, 2.24) is 5.32 Å². The first-order valence-corrected chi connectivity index (χ1v) is 10.3. The second-order valence-corrected chi connectivity index (χ2v) is 8.74. The number of carbonyl (C=O) groups is 2. The van der Waals surface area contributed by atoms with Crippen molar-refractivity contribution < 1.29 is 9.59 Å². The highest BCUT2D eigenvalue weighted by molar-refractivity contribution is 5.81. The molecule has 3 N–H and O–H groups in total. The predicted octanol–water partition coefficient (Wildman–Crippen LogP) is 4.32. The molecule has 0 fully saturated rings. The zero-order chi connectivity index (χ0) is 22.1. The van der Waals surface area contributed by atoms with Crippen LogP contribution in [0, 0.1) is 5.41 Å². The molecule has 0 saturated heterocycles. The monoisotopic (exact) mass is 404 g/mol. The summed E-state index contributed by atoms with van der Waals surface area (Å²) in [6.45, 7) is 8.35. The Bertz CT molecular complexity index is 930. The molecule has 0 radical (unpaired) electrons. The molecule has 0 heterocycles. The molecule has 4 nitrogen and oxygen atoms in total. The van der Waals surface area contributed by atoms with Gasteiger partial charge in [0.1, 0.15) is 5.78 Å². The number of carbonyl (C=O) groups excluding carboxylic acids is 2. The van der Waals surface area contributed by atoms with E-state index in [0.29, 0.717) is 19.3 Å². The minimum atomic E-state index is -0.506. The molecule has 1 aromatic rings. The van der Waals surface area contributed by atoms with E-state index in [9.17, 15) is 9.59 Å². The van der Waals surface area contributed by atoms with Gasteiger partial charge in [-0.2, -0.15) is 0 Å². The second-order valence-electron chi connectivity index (χ2n) is 8.74. The van der Waals surface area contributed by atoms with Crippen LogP contribution in [0.15, 0.2) is 71.2 Å². The first-order chi connectivity index (χ1) is 14.1. The minimum absolute atomic E-state index is 0.0216. The van der Waals surface area contributed by atoms with Gasteiger partial charge in [0, 0.05) is 12.8 Å². The molecule has 0 saturated carbocycles. The molecule has 4 heteroatoms. The van der Waals surface area contributed by atoms with E-state index in [1.807, 2.05) is 55.5 Å². The summed E-state index contributed by atoms with van der Waals surface area (Å²) in [5, 5.41) is 2.81. The Morgan fingerprint density at radius 3 is 2.30 bits per heavy atom. The molecular weight excluding hydrogens is 372 g/mol. The number of ketones is 1. The van der Waals surface area contributed by atoms with Crippen molar-refractivity contribution in [3.8, 4) is 0 Å². The number of nitrogens with two attached hydrogens (primary N) is 1. The lowest BCUT2D eigenvalue weighted by Gasteiger charge is -2.21. The predicted molar refractivity (Wildman–Crippen MR) is 122 cm³/mol. The molecule has 1 amide bonds. The fraction of sp³-hybridized carbons (Fsp3) is 0.385. The third-order valence-corrected chi connectivity index (χ3v) is 5.14. The third-order valence-electron chi connectivity index (χ3n) is 5.14. The van der Waals surface area contributed by atoms with E-state index in [0.717, 1.165) is 22.3 Å². The number of Topliss-reactive ketones (excluding diaryl/α,β-unsaturated/α-hetero) is 1. The smallest absolute Gasteiger partial charge is 0.225 e. The molecule has 1 aliphatic carbocycles. The number of hydrogen-bond acceptors (Lipinski definition) is 3. The van der Waals surface area contributed by atoms with Gasteiger partial charge in [0.05, 0.1) is 12.6 Å². The number of allylic oxidation sites excluding steroid dienone is 5. The van der Waals surface area contributed by atoms with Crippen LogP contribution in [0.5, 0.6) is 0 Å². The molecule has 30 heavy (non-hydrogen) atoms. The Labute approximate surface area is 179 Å². The summed E-state index contributed by atoms with van der Waals surface area (Å²) >= 11 is 0. The highest BCUT2D eigenvalue weighted by Crippen LogP contribution is 2.24. The molecule has 1 atom stereocenters. The van der Waals surface area contributed by atoms with Gasteiger partial charge in [-0.1, -0.05) is 62.1 Å². The highest BCUT2D eigenvalue weighted by Gasteiger charge is 2.14. The third kappa shape index (κ3) is 8.23. The lowest BCUT2D eigenvalue weighted by molar-refractivity contribution is -0.121. The zero-order valence-electron chi connectivity index (χ0n) is 18.4. The van der Waals surface area contributed by atoms with Crippen molar-refractivity contribution in [2.24, 2.45) is 11.1 Å². The van der Waals surface area contributed by atoms with Crippen LogP contribution >= 0.6 is 0 Å². The number of hydrogen-bond donors (Lipinski definition) is 2. The van der Waals surface area contributed by atoms with Gasteiger partial charge in [0.25, 0.3) is 0 Å². The van der Waals surface area contributed by atoms with Crippen LogP contribution < -0.4 is 11.1 Å². The van der Waals surface area contributed by atoms with Gasteiger partial charge in [0.15, 0.2) is 0 Å². The van der Waals surface area contributed by atoms with Gasteiger partial charge < -0.3 is 11.1 Å². The van der Waals surface area contributed by atoms with Gasteiger partial charge in [0.2, 0.25) is 5.91 Å². The Kier molecular flexibility index (Phi) is 8.38. The van der Waals surface area contributed by atoms with E-state index in [4.69, 9.17) is 5.73 Å². The average molecular weight is 405 g/mol. The summed E-state index contributed by atoms with van der Waals surface area (Å²) in [7, 11) is 0. The van der Waals surface area contributed by atoms with Crippen molar-refractivity contribution in [3.05, 3.63) is 82.3 Å². The normalized spacial score (nSPS) is 14.4. The Balaban J connectivity index is 1.80. The number of benzene rings is 1. The largest absolute Gasteiger partial charge is 0.337 e. The van der Waals surface area contributed by atoms with E-state index in [1.165, 1.54) is 0 Å². The standard InChI is InChI=1S/C26H32N2O2/c1-19(26(2,3)4)16-24(27)28-25(30)18-22-12-10-21(11-13-22)17-23(29)15-14-20-8-6-5-7-9-20/h6,8-13,16,24H,14-15,17-18,27H2,1-4H3,(H,28,30)/b19-16+. The molecule has 1 unspecified atom stereocenters. The van der Waals surface area contributed by atoms with Crippen LogP contribution in [0.1, 0.15) is 51.7 Å². The molecule has 158 valence electrons. The molecule has 0 spiro atoms. The summed E-state index contributed by atoms with van der Waals surface area (Å²) in [4.78, 5) is 24.5. The number of nitrogens with one attached hydrogen (secondary N) is 1. The molecule has 1 aromatic carbocycles. The second kappa shape index (κ2) is 10.8. The van der Waals surface area contributed by atoms with E-state index < -0.39 is 6.17 Å². The summed E-state index contributed by atoms with van der Waals surface area (Å²) in [6, 6.07) is 7.61. The first kappa shape index (κ1) is 23.4. The molecular formula is C26H32N2O2. The van der Waals surface area contributed by atoms with Crippen LogP contribution in [0.2, 0.25) is 0 Å². The summed E-state index contributed by atoms with van der Waals surface area (Å²) in [6.07, 6.45) is 8.88. The lowest BCUT2D eigenvalue weighted by Crippen LogP contribution is -2.41. The Morgan fingerprint density at radius 2 is 1.73 bits per heavy atom. The zero-order valence-corrected chi connectivity index (χ0v) is 18.4. The van der Waals surface area contributed by atoms with E-state index in [1.54, 1.807) is 0 Å². The summed E-state index contributed by atoms with van der Waals surface area (Å²) in [5.41, 5.74) is 15.9. The first-order valence-electron chi connectivity index (χ1n) is 10.3. The van der Waals surface area contributed by atoms with Crippen LogP contribution in [0.3, 0.4) is 0 Å². The van der Waals surface area contributed by atoms with Crippen LogP contribution in [-0.2, 0) is 22.4 Å². The molecule has 2 rings (SSSR count). The Morgan fingerprint density at radius 1 is 1.10 bits per heavy atom. The van der Waals surface area contributed by atoms with E-state index in [2.05, 4.69) is 37.6 Å². The topological polar surface area (TPSA) is 72.2 Å². The van der Waals surface area contributed by atoms with Crippen LogP contribution in [-0.4, -0.2) is 17.9 Å². The van der Waals surface area contributed by atoms with Crippen molar-refractivity contribution >= 4 is 11.7 Å². The fourth-order valence-electron chi connectivity index (χ4n) is 2.89. The van der Waals surface area contributed by atoms with Crippen molar-refractivity contribution in [1.29, 1.82) is 0 Å². The van der Waals surface area contributed by atoms with E-state index >= 15 is 0 Å². The van der Waals surface area contributed by atoms with Crippen molar-refractivity contribution in [3.63, 3.8) is 0 Å². The summed E-state index contributed by atoms with van der Waals surface area (Å²) < 4.78 is 0. The Hall–Kier alpha value is -2.90. The minimum Gasteiger partial charge on any atom is -0.337 e. The van der Waals surface area contributed by atoms with Gasteiger partial charge in [-0.25, -0.2) is 0 Å². The quantitative estimate of drug-likeness (QED) is 0.366. The van der Waals surface area contributed by atoms with Gasteiger partial charge in [-0.3, -0.25) is 9.59 Å². The van der Waals surface area contributed by atoms with Crippen molar-refractivity contribution in [2.45, 2.75) is 59.5 Å². The fourth-order valence-corrected chi connectivity index (χ4v) is 2.89. The maximum absolute atomic E-state index is 12.3. The maximum Gasteiger partial charge on any atom is 0.225 e. The van der Waals surface area contributed by atoms with Gasteiger partial charge in [-0.15, -0.1) is 0 Å². The number of rotatable bonds is 9. The van der Waals surface area contributed by atoms with E-state index in [-0.39, 0.29) is 23.5 Å². The maximum atomic E-state index is 12.3.